The zero-order valence-corrected chi connectivity index (χ0v) is 10.9. The van der Waals surface area contributed by atoms with Crippen LogP contribution in [0.15, 0.2) is 0 Å². The smallest absolute Gasteiger partial charge is 0.235 e. The number of carbonyl (C=O) groups is 1. The Bertz CT molecular complexity index is 341. The van der Waals surface area contributed by atoms with E-state index < -0.39 is 10.0 Å². The van der Waals surface area contributed by atoms with Crippen LogP contribution in [0.1, 0.15) is 19.3 Å². The summed E-state index contributed by atoms with van der Waals surface area (Å²) in [7, 11) is -1.93. The molecule has 94 valence electrons. The lowest BCUT2D eigenvalue weighted by Crippen LogP contribution is -2.40. The minimum atomic E-state index is -3.34. The standard InChI is InChI=1S/C9H17ClN2O3S/c1-12(16(14,15)6-2-5-10)7-9(13)11-8-3-4-8/h8H,2-7H2,1H3,(H,11,13). The van der Waals surface area contributed by atoms with E-state index in [1.54, 1.807) is 0 Å². The Morgan fingerprint density at radius 3 is 2.62 bits per heavy atom. The molecule has 0 radical (unpaired) electrons. The van der Waals surface area contributed by atoms with E-state index in [0.717, 1.165) is 17.1 Å². The van der Waals surface area contributed by atoms with Crippen molar-refractivity contribution < 1.29 is 13.2 Å². The fraction of sp³-hybridized carbons (Fsp3) is 0.889. The van der Waals surface area contributed by atoms with Gasteiger partial charge >= 0.3 is 0 Å². The van der Waals surface area contributed by atoms with Crippen LogP contribution in [-0.2, 0) is 14.8 Å². The molecule has 0 aliphatic heterocycles. The molecule has 1 rings (SSSR count). The molecule has 0 atom stereocenters. The van der Waals surface area contributed by atoms with Gasteiger partial charge in [0.25, 0.3) is 0 Å². The second-order valence-electron chi connectivity index (χ2n) is 3.96. The van der Waals surface area contributed by atoms with Crippen molar-refractivity contribution in [2.24, 2.45) is 0 Å². The van der Waals surface area contributed by atoms with E-state index in [2.05, 4.69) is 5.32 Å². The topological polar surface area (TPSA) is 66.5 Å². The minimum Gasteiger partial charge on any atom is -0.352 e. The van der Waals surface area contributed by atoms with Crippen molar-refractivity contribution in [3.8, 4) is 0 Å². The monoisotopic (exact) mass is 268 g/mol. The van der Waals surface area contributed by atoms with Crippen LogP contribution in [0.5, 0.6) is 0 Å². The summed E-state index contributed by atoms with van der Waals surface area (Å²) in [6.45, 7) is -0.110. The first-order valence-corrected chi connectivity index (χ1v) is 7.39. The largest absolute Gasteiger partial charge is 0.352 e. The van der Waals surface area contributed by atoms with E-state index in [4.69, 9.17) is 11.6 Å². The molecule has 0 bridgehead atoms. The summed E-state index contributed by atoms with van der Waals surface area (Å²) in [4.78, 5) is 11.4. The highest BCUT2D eigenvalue weighted by molar-refractivity contribution is 7.89. The molecule has 0 aromatic carbocycles. The zero-order chi connectivity index (χ0) is 12.2. The lowest BCUT2D eigenvalue weighted by Gasteiger charge is -2.16. The second-order valence-corrected chi connectivity index (χ2v) is 6.53. The van der Waals surface area contributed by atoms with Crippen LogP contribution in [-0.4, -0.2) is 49.9 Å². The number of sulfonamides is 1. The molecule has 0 spiro atoms. The van der Waals surface area contributed by atoms with Crippen molar-refractivity contribution >= 4 is 27.5 Å². The molecule has 1 saturated carbocycles. The highest BCUT2D eigenvalue weighted by Gasteiger charge is 2.25. The molecule has 5 nitrogen and oxygen atoms in total. The molecular weight excluding hydrogens is 252 g/mol. The van der Waals surface area contributed by atoms with Crippen molar-refractivity contribution in [2.45, 2.75) is 25.3 Å². The van der Waals surface area contributed by atoms with Crippen molar-refractivity contribution in [2.75, 3.05) is 25.2 Å². The minimum absolute atomic E-state index is 0.0102. The summed E-state index contributed by atoms with van der Waals surface area (Å²) in [5.41, 5.74) is 0. The number of halogens is 1. The lowest BCUT2D eigenvalue weighted by molar-refractivity contribution is -0.121. The Kier molecular flexibility index (Phi) is 5.01. The Morgan fingerprint density at radius 2 is 2.12 bits per heavy atom. The third-order valence-electron chi connectivity index (χ3n) is 2.32. The highest BCUT2D eigenvalue weighted by atomic mass is 35.5. The van der Waals surface area contributed by atoms with Gasteiger partial charge in [0.15, 0.2) is 0 Å². The van der Waals surface area contributed by atoms with Crippen molar-refractivity contribution in [1.29, 1.82) is 0 Å². The Hall–Kier alpha value is -0.330. The first kappa shape index (κ1) is 13.7. The first-order chi connectivity index (χ1) is 7.45. The molecule has 1 N–H and O–H groups in total. The summed E-state index contributed by atoms with van der Waals surface area (Å²) in [5, 5.41) is 2.74. The van der Waals surface area contributed by atoms with Crippen LogP contribution in [0.25, 0.3) is 0 Å². The van der Waals surface area contributed by atoms with Crippen LogP contribution < -0.4 is 5.32 Å². The summed E-state index contributed by atoms with van der Waals surface area (Å²) in [5.74, 6) is 0.0601. The van der Waals surface area contributed by atoms with Gasteiger partial charge in [0.2, 0.25) is 15.9 Å². The van der Waals surface area contributed by atoms with Gasteiger partial charge in [-0.1, -0.05) is 0 Å². The second kappa shape index (κ2) is 5.84. The Labute approximate surface area is 101 Å². The maximum atomic E-state index is 11.6. The first-order valence-electron chi connectivity index (χ1n) is 5.25. The van der Waals surface area contributed by atoms with Crippen LogP contribution in [0.2, 0.25) is 0 Å². The van der Waals surface area contributed by atoms with Gasteiger partial charge < -0.3 is 5.32 Å². The SMILES string of the molecule is CN(CC(=O)NC1CC1)S(=O)(=O)CCCCl. The Morgan fingerprint density at radius 1 is 1.50 bits per heavy atom. The molecule has 1 amide bonds. The number of carbonyl (C=O) groups excluding carboxylic acids is 1. The molecule has 0 saturated heterocycles. The summed E-state index contributed by atoms with van der Waals surface area (Å²) in [6.07, 6.45) is 2.39. The predicted octanol–water partition coefficient (Wildman–Crippen LogP) is 0.155. The molecule has 1 fully saturated rings. The fourth-order valence-corrected chi connectivity index (χ4v) is 2.62. The summed E-state index contributed by atoms with van der Waals surface area (Å²) in [6, 6.07) is 0.256. The molecule has 16 heavy (non-hydrogen) atoms. The number of hydrogen-bond donors (Lipinski definition) is 1. The number of amides is 1. The number of nitrogens with one attached hydrogen (secondary N) is 1. The molecular formula is C9H17ClN2O3S. The van der Waals surface area contributed by atoms with Crippen molar-refractivity contribution in [3.63, 3.8) is 0 Å². The number of rotatable bonds is 7. The number of nitrogens with zero attached hydrogens (tertiary/aromatic N) is 1. The van der Waals surface area contributed by atoms with E-state index in [1.807, 2.05) is 0 Å². The van der Waals surface area contributed by atoms with Gasteiger partial charge in [0, 0.05) is 19.0 Å². The molecule has 0 heterocycles. The average Bonchev–Trinajstić information content (AvgIpc) is 2.98. The van der Waals surface area contributed by atoms with Crippen molar-refractivity contribution in [1.82, 2.24) is 9.62 Å². The lowest BCUT2D eigenvalue weighted by atomic mass is 10.5. The number of likely N-dealkylation sites (N-methyl/N-ethyl adjacent to an activating group) is 1. The van der Waals surface area contributed by atoms with E-state index >= 15 is 0 Å². The maximum absolute atomic E-state index is 11.6. The van der Waals surface area contributed by atoms with Gasteiger partial charge in [-0.3, -0.25) is 4.79 Å². The quantitative estimate of drug-likeness (QED) is 0.669. The molecule has 7 heteroatoms. The van der Waals surface area contributed by atoms with Crippen LogP contribution in [0.3, 0.4) is 0 Å². The average molecular weight is 269 g/mol. The molecule has 1 aliphatic carbocycles. The van der Waals surface area contributed by atoms with Crippen LogP contribution in [0, 0.1) is 0 Å². The van der Waals surface area contributed by atoms with Gasteiger partial charge in [0.05, 0.1) is 12.3 Å². The predicted molar refractivity (Wildman–Crippen MR) is 62.9 cm³/mol. The number of hydrogen-bond acceptors (Lipinski definition) is 3. The van der Waals surface area contributed by atoms with E-state index in [0.29, 0.717) is 12.3 Å². The Balaban J connectivity index is 2.36. The molecule has 0 unspecified atom stereocenters. The van der Waals surface area contributed by atoms with Gasteiger partial charge in [-0.15, -0.1) is 11.6 Å². The molecule has 0 aromatic heterocycles. The van der Waals surface area contributed by atoms with Crippen LogP contribution in [0.4, 0.5) is 0 Å². The van der Waals surface area contributed by atoms with Gasteiger partial charge in [-0.05, 0) is 19.3 Å². The summed E-state index contributed by atoms with van der Waals surface area (Å²) >= 11 is 5.43. The van der Waals surface area contributed by atoms with E-state index in [1.165, 1.54) is 7.05 Å². The van der Waals surface area contributed by atoms with E-state index in [-0.39, 0.29) is 24.2 Å². The molecule has 0 aromatic rings. The normalized spacial score (nSPS) is 16.4. The van der Waals surface area contributed by atoms with Gasteiger partial charge in [-0.25, -0.2) is 8.42 Å². The maximum Gasteiger partial charge on any atom is 0.235 e. The van der Waals surface area contributed by atoms with Crippen LogP contribution >= 0.6 is 11.6 Å². The number of alkyl halides is 1. The fourth-order valence-electron chi connectivity index (χ4n) is 1.19. The van der Waals surface area contributed by atoms with Crippen molar-refractivity contribution in [3.05, 3.63) is 0 Å². The van der Waals surface area contributed by atoms with Gasteiger partial charge in [0.1, 0.15) is 0 Å². The third-order valence-corrected chi connectivity index (χ3v) is 4.47. The summed E-state index contributed by atoms with van der Waals surface area (Å²) < 4.78 is 24.3. The zero-order valence-electron chi connectivity index (χ0n) is 9.28. The highest BCUT2D eigenvalue weighted by Crippen LogP contribution is 2.18. The van der Waals surface area contributed by atoms with Gasteiger partial charge in [-0.2, -0.15) is 4.31 Å². The molecule has 1 aliphatic rings. The third kappa shape index (κ3) is 4.67. The van der Waals surface area contributed by atoms with E-state index in [9.17, 15) is 13.2 Å².